The molecule has 3 nitrogen and oxygen atoms in total. The number of hydrogen-bond acceptors (Lipinski definition) is 4. The summed E-state index contributed by atoms with van der Waals surface area (Å²) in [5.41, 5.74) is 0. The van der Waals surface area contributed by atoms with Gasteiger partial charge in [0.25, 0.3) is 0 Å². The van der Waals surface area contributed by atoms with E-state index in [0.717, 1.165) is 31.8 Å². The van der Waals surface area contributed by atoms with E-state index in [1.165, 1.54) is 35.7 Å². The van der Waals surface area contributed by atoms with Crippen molar-refractivity contribution in [2.45, 2.75) is 72.1 Å². The molecule has 1 rings (SSSR count). The van der Waals surface area contributed by atoms with Crippen LogP contribution in [0.3, 0.4) is 0 Å². The van der Waals surface area contributed by atoms with E-state index in [9.17, 15) is 0 Å². The Morgan fingerprint density at radius 3 is 2.60 bits per heavy atom. The molecule has 0 aliphatic rings. The highest BCUT2D eigenvalue weighted by molar-refractivity contribution is 7.11. The second-order valence-corrected chi connectivity index (χ2v) is 7.08. The molecule has 20 heavy (non-hydrogen) atoms. The molecule has 4 heteroatoms. The number of aromatic nitrogens is 2. The molecule has 0 aromatic carbocycles. The molecule has 1 N–H and O–H groups in total. The normalized spacial score (nSPS) is 13.1. The highest BCUT2D eigenvalue weighted by atomic mass is 32.1. The van der Waals surface area contributed by atoms with Gasteiger partial charge in [-0.15, -0.1) is 21.5 Å². The van der Waals surface area contributed by atoms with Crippen LogP contribution in [0.4, 0.5) is 0 Å². The molecule has 0 amide bonds. The summed E-state index contributed by atoms with van der Waals surface area (Å²) in [5, 5.41) is 14.7. The molecule has 1 atom stereocenters. The van der Waals surface area contributed by atoms with E-state index in [-0.39, 0.29) is 0 Å². The Balaban J connectivity index is 2.31. The summed E-state index contributed by atoms with van der Waals surface area (Å²) in [6, 6.07) is 0. The van der Waals surface area contributed by atoms with Gasteiger partial charge in [-0.2, -0.15) is 0 Å². The third kappa shape index (κ3) is 6.80. The van der Waals surface area contributed by atoms with E-state index >= 15 is 0 Å². The molecule has 0 radical (unpaired) electrons. The second kappa shape index (κ2) is 10.3. The number of aryl methyl sites for hydroxylation is 1. The van der Waals surface area contributed by atoms with Gasteiger partial charge in [-0.3, -0.25) is 0 Å². The zero-order valence-corrected chi connectivity index (χ0v) is 14.4. The summed E-state index contributed by atoms with van der Waals surface area (Å²) < 4.78 is 0. The first-order valence-corrected chi connectivity index (χ1v) is 9.01. The van der Waals surface area contributed by atoms with E-state index < -0.39 is 0 Å². The van der Waals surface area contributed by atoms with E-state index in [0.29, 0.717) is 5.92 Å². The van der Waals surface area contributed by atoms with Gasteiger partial charge in [-0.25, -0.2) is 0 Å². The Bertz CT molecular complexity index is 349. The quantitative estimate of drug-likeness (QED) is 0.615. The van der Waals surface area contributed by atoms with Gasteiger partial charge in [-0.1, -0.05) is 40.5 Å². The Hall–Kier alpha value is -0.480. The van der Waals surface area contributed by atoms with Gasteiger partial charge < -0.3 is 5.32 Å². The van der Waals surface area contributed by atoms with Crippen molar-refractivity contribution in [2.24, 2.45) is 5.92 Å². The second-order valence-electron chi connectivity index (χ2n) is 5.98. The maximum Gasteiger partial charge on any atom is 0.120 e. The molecule has 0 spiro atoms. The van der Waals surface area contributed by atoms with Crippen molar-refractivity contribution in [1.82, 2.24) is 15.5 Å². The van der Waals surface area contributed by atoms with Crippen LogP contribution in [-0.2, 0) is 6.42 Å². The third-order valence-electron chi connectivity index (χ3n) is 3.53. The fourth-order valence-corrected chi connectivity index (χ4v) is 3.34. The summed E-state index contributed by atoms with van der Waals surface area (Å²) >= 11 is 1.83. The zero-order chi connectivity index (χ0) is 14.8. The number of nitrogens with one attached hydrogen (secondary N) is 1. The minimum atomic E-state index is 0.625. The Kier molecular flexibility index (Phi) is 9.03. The third-order valence-corrected chi connectivity index (χ3v) is 4.67. The van der Waals surface area contributed by atoms with Crippen LogP contribution >= 0.6 is 11.3 Å². The SMILES string of the molecule is CCCCC(CC)c1nnc(CCCNCC(C)C)s1. The van der Waals surface area contributed by atoms with E-state index in [1.807, 2.05) is 11.3 Å². The van der Waals surface area contributed by atoms with E-state index in [1.54, 1.807) is 0 Å². The average Bonchev–Trinajstić information content (AvgIpc) is 2.88. The predicted molar refractivity (Wildman–Crippen MR) is 88.5 cm³/mol. The standard InChI is InChI=1S/C16H31N3S/c1-5-7-9-14(6-2)16-19-18-15(20-16)10-8-11-17-12-13(3)4/h13-14,17H,5-12H2,1-4H3. The summed E-state index contributed by atoms with van der Waals surface area (Å²) in [6.07, 6.45) is 7.23. The lowest BCUT2D eigenvalue weighted by atomic mass is 10.0. The van der Waals surface area contributed by atoms with Gasteiger partial charge in [0.15, 0.2) is 0 Å². The number of rotatable bonds is 11. The van der Waals surface area contributed by atoms with Crippen molar-refractivity contribution < 1.29 is 0 Å². The topological polar surface area (TPSA) is 37.8 Å². The van der Waals surface area contributed by atoms with Gasteiger partial charge in [0.1, 0.15) is 10.0 Å². The van der Waals surface area contributed by atoms with Crippen molar-refractivity contribution in [3.8, 4) is 0 Å². The molecule has 116 valence electrons. The van der Waals surface area contributed by atoms with Crippen molar-refractivity contribution in [3.63, 3.8) is 0 Å². The molecule has 1 aromatic rings. The van der Waals surface area contributed by atoms with Crippen LogP contribution in [0, 0.1) is 5.92 Å². The molecule has 0 saturated carbocycles. The van der Waals surface area contributed by atoms with Gasteiger partial charge in [-0.05, 0) is 38.3 Å². The summed E-state index contributed by atoms with van der Waals surface area (Å²) in [4.78, 5) is 0. The van der Waals surface area contributed by atoms with Gasteiger partial charge in [0.05, 0.1) is 0 Å². The van der Waals surface area contributed by atoms with Crippen molar-refractivity contribution in [1.29, 1.82) is 0 Å². The van der Waals surface area contributed by atoms with Crippen molar-refractivity contribution in [2.75, 3.05) is 13.1 Å². The first-order valence-electron chi connectivity index (χ1n) is 8.20. The molecule has 0 aliphatic heterocycles. The lowest BCUT2D eigenvalue weighted by Gasteiger charge is -2.09. The van der Waals surface area contributed by atoms with Crippen LogP contribution in [0.15, 0.2) is 0 Å². The lowest BCUT2D eigenvalue weighted by molar-refractivity contribution is 0.542. The minimum absolute atomic E-state index is 0.625. The fraction of sp³-hybridized carbons (Fsp3) is 0.875. The smallest absolute Gasteiger partial charge is 0.120 e. The summed E-state index contributed by atoms with van der Waals surface area (Å²) in [5.74, 6) is 1.35. The van der Waals surface area contributed by atoms with Crippen molar-refractivity contribution in [3.05, 3.63) is 10.0 Å². The average molecular weight is 298 g/mol. The molecule has 0 saturated heterocycles. The van der Waals surface area contributed by atoms with Crippen LogP contribution in [0.25, 0.3) is 0 Å². The van der Waals surface area contributed by atoms with Crippen LogP contribution in [-0.4, -0.2) is 23.3 Å². The molecule has 0 bridgehead atoms. The molecule has 1 unspecified atom stereocenters. The van der Waals surface area contributed by atoms with Gasteiger partial charge in [0, 0.05) is 12.3 Å². The zero-order valence-electron chi connectivity index (χ0n) is 13.6. The molecule has 0 aliphatic carbocycles. The number of nitrogens with zero attached hydrogens (tertiary/aromatic N) is 2. The monoisotopic (exact) mass is 297 g/mol. The van der Waals surface area contributed by atoms with Crippen LogP contribution in [0.5, 0.6) is 0 Å². The summed E-state index contributed by atoms with van der Waals surface area (Å²) in [6.45, 7) is 11.2. The van der Waals surface area contributed by atoms with Crippen LogP contribution < -0.4 is 5.32 Å². The Morgan fingerprint density at radius 2 is 1.95 bits per heavy atom. The molecule has 1 aromatic heterocycles. The molecule has 1 heterocycles. The highest BCUT2D eigenvalue weighted by Gasteiger charge is 2.14. The first kappa shape index (κ1) is 17.6. The highest BCUT2D eigenvalue weighted by Crippen LogP contribution is 2.28. The Labute approximate surface area is 128 Å². The number of hydrogen-bond donors (Lipinski definition) is 1. The Morgan fingerprint density at radius 1 is 1.15 bits per heavy atom. The van der Waals surface area contributed by atoms with E-state index in [4.69, 9.17) is 0 Å². The van der Waals surface area contributed by atoms with Crippen LogP contribution in [0.2, 0.25) is 0 Å². The maximum atomic E-state index is 4.42. The predicted octanol–water partition coefficient (Wildman–Crippen LogP) is 4.40. The maximum absolute atomic E-state index is 4.42. The molecular weight excluding hydrogens is 266 g/mol. The molecular formula is C16H31N3S. The van der Waals surface area contributed by atoms with Gasteiger partial charge in [0.2, 0.25) is 0 Å². The largest absolute Gasteiger partial charge is 0.316 e. The van der Waals surface area contributed by atoms with Gasteiger partial charge >= 0.3 is 0 Å². The van der Waals surface area contributed by atoms with Crippen molar-refractivity contribution >= 4 is 11.3 Å². The fourth-order valence-electron chi connectivity index (χ4n) is 2.24. The lowest BCUT2D eigenvalue weighted by Crippen LogP contribution is -2.21. The number of unbranched alkanes of at least 4 members (excludes halogenated alkanes) is 1. The summed E-state index contributed by atoms with van der Waals surface area (Å²) in [7, 11) is 0. The minimum Gasteiger partial charge on any atom is -0.316 e. The molecule has 0 fully saturated rings. The van der Waals surface area contributed by atoms with Crippen LogP contribution in [0.1, 0.15) is 75.7 Å². The first-order chi connectivity index (χ1) is 9.67. The van der Waals surface area contributed by atoms with E-state index in [2.05, 4.69) is 43.2 Å².